The number of carbonyl (C=O) groups is 1. The first-order valence-electron chi connectivity index (χ1n) is 5.47. The van der Waals surface area contributed by atoms with E-state index in [0.717, 1.165) is 16.9 Å². The molecule has 0 radical (unpaired) electrons. The molecule has 1 heterocycles. The summed E-state index contributed by atoms with van der Waals surface area (Å²) < 4.78 is 1.48. The number of aryl methyl sites for hydroxylation is 2. The minimum Gasteiger partial charge on any atom is -0.331 e. The minimum absolute atomic E-state index is 0.0720. The zero-order chi connectivity index (χ0) is 12.8. The molecule has 4 heteroatoms. The van der Waals surface area contributed by atoms with Crippen LogP contribution >= 0.6 is 15.9 Å². The third-order valence-electron chi connectivity index (χ3n) is 2.91. The van der Waals surface area contributed by atoms with Crippen molar-refractivity contribution in [1.82, 2.24) is 9.55 Å². The van der Waals surface area contributed by atoms with Crippen LogP contribution in [0.4, 0.5) is 0 Å². The van der Waals surface area contributed by atoms with Gasteiger partial charge in [-0.3, -0.25) is 4.79 Å². The number of ketones is 1. The largest absolute Gasteiger partial charge is 0.331 e. The standard InChI is InChI=1S/C13H15BrN2O/c1-8-15-10-7-9(12(17)13(2,3)14)5-6-11(10)16(8)4/h5-7H,1-4H3. The predicted octanol–water partition coefficient (Wildman–Crippen LogP) is 3.24. The minimum atomic E-state index is -0.537. The van der Waals surface area contributed by atoms with E-state index in [-0.39, 0.29) is 5.78 Å². The Morgan fingerprint density at radius 1 is 1.41 bits per heavy atom. The third-order valence-corrected chi connectivity index (χ3v) is 3.27. The second-order valence-electron chi connectivity index (χ2n) is 4.72. The van der Waals surface area contributed by atoms with Crippen molar-refractivity contribution in [2.75, 3.05) is 0 Å². The van der Waals surface area contributed by atoms with E-state index in [4.69, 9.17) is 0 Å². The summed E-state index contributed by atoms with van der Waals surface area (Å²) in [7, 11) is 1.97. The van der Waals surface area contributed by atoms with Crippen molar-refractivity contribution in [3.8, 4) is 0 Å². The highest BCUT2D eigenvalue weighted by molar-refractivity contribution is 9.10. The molecule has 0 aliphatic carbocycles. The van der Waals surface area contributed by atoms with Crippen molar-refractivity contribution in [3.63, 3.8) is 0 Å². The number of Topliss-reactive ketones (excluding diaryl/α,β-unsaturated/α-hetero) is 1. The number of carbonyl (C=O) groups excluding carboxylic acids is 1. The van der Waals surface area contributed by atoms with Crippen molar-refractivity contribution in [3.05, 3.63) is 29.6 Å². The quantitative estimate of drug-likeness (QED) is 0.629. The van der Waals surface area contributed by atoms with Crippen LogP contribution in [0.1, 0.15) is 30.0 Å². The number of hydrogen-bond acceptors (Lipinski definition) is 2. The van der Waals surface area contributed by atoms with Gasteiger partial charge in [-0.05, 0) is 39.0 Å². The molecular weight excluding hydrogens is 280 g/mol. The van der Waals surface area contributed by atoms with Crippen LogP contribution in [0.2, 0.25) is 0 Å². The molecular formula is C13H15BrN2O. The Balaban J connectivity index is 2.56. The normalized spacial score (nSPS) is 12.1. The maximum Gasteiger partial charge on any atom is 0.179 e. The van der Waals surface area contributed by atoms with Crippen molar-refractivity contribution in [1.29, 1.82) is 0 Å². The van der Waals surface area contributed by atoms with Gasteiger partial charge in [-0.15, -0.1) is 0 Å². The van der Waals surface area contributed by atoms with E-state index in [1.165, 1.54) is 0 Å². The van der Waals surface area contributed by atoms with E-state index in [9.17, 15) is 4.79 Å². The maximum atomic E-state index is 12.1. The first-order chi connectivity index (χ1) is 7.80. The molecule has 0 amide bonds. The van der Waals surface area contributed by atoms with E-state index in [2.05, 4.69) is 20.9 Å². The second kappa shape index (κ2) is 3.95. The molecule has 0 saturated heterocycles. The van der Waals surface area contributed by atoms with Gasteiger partial charge in [0.1, 0.15) is 5.82 Å². The lowest BCUT2D eigenvalue weighted by Crippen LogP contribution is -2.23. The van der Waals surface area contributed by atoms with E-state index in [0.29, 0.717) is 5.56 Å². The topological polar surface area (TPSA) is 34.9 Å². The molecule has 90 valence electrons. The monoisotopic (exact) mass is 294 g/mol. The molecule has 0 saturated carbocycles. The first kappa shape index (κ1) is 12.3. The third kappa shape index (κ3) is 2.14. The zero-order valence-electron chi connectivity index (χ0n) is 10.4. The van der Waals surface area contributed by atoms with Gasteiger partial charge < -0.3 is 4.57 Å². The number of benzene rings is 1. The molecule has 1 aromatic carbocycles. The van der Waals surface area contributed by atoms with Crippen LogP contribution in [0, 0.1) is 6.92 Å². The fourth-order valence-corrected chi connectivity index (χ4v) is 2.03. The molecule has 2 aromatic rings. The summed E-state index contributed by atoms with van der Waals surface area (Å²) in [5, 5.41) is 0. The number of halogens is 1. The van der Waals surface area contributed by atoms with Gasteiger partial charge >= 0.3 is 0 Å². The summed E-state index contributed by atoms with van der Waals surface area (Å²) in [5.41, 5.74) is 2.61. The van der Waals surface area contributed by atoms with E-state index >= 15 is 0 Å². The molecule has 17 heavy (non-hydrogen) atoms. The molecule has 0 atom stereocenters. The number of aromatic nitrogens is 2. The zero-order valence-corrected chi connectivity index (χ0v) is 12.0. The lowest BCUT2D eigenvalue weighted by Gasteiger charge is -2.14. The fourth-order valence-electron chi connectivity index (χ4n) is 1.80. The van der Waals surface area contributed by atoms with E-state index in [1.807, 2.05) is 50.6 Å². The number of fused-ring (bicyclic) bond motifs is 1. The Morgan fingerprint density at radius 3 is 2.65 bits per heavy atom. The molecule has 0 spiro atoms. The Hall–Kier alpha value is -1.16. The summed E-state index contributed by atoms with van der Waals surface area (Å²) >= 11 is 3.39. The molecule has 0 aliphatic heterocycles. The Morgan fingerprint density at radius 2 is 2.06 bits per heavy atom. The molecule has 0 fully saturated rings. The molecule has 3 nitrogen and oxygen atoms in total. The Labute approximate surface area is 109 Å². The van der Waals surface area contributed by atoms with Crippen LogP contribution in [0.25, 0.3) is 11.0 Å². The highest BCUT2D eigenvalue weighted by Gasteiger charge is 2.25. The summed E-state index contributed by atoms with van der Waals surface area (Å²) in [4.78, 5) is 16.6. The van der Waals surface area contributed by atoms with Gasteiger partial charge in [-0.2, -0.15) is 0 Å². The summed E-state index contributed by atoms with van der Waals surface area (Å²) in [6, 6.07) is 5.66. The molecule has 0 N–H and O–H groups in total. The summed E-state index contributed by atoms with van der Waals surface area (Å²) in [6.45, 7) is 5.66. The van der Waals surface area contributed by atoms with Gasteiger partial charge in [0.05, 0.1) is 15.4 Å². The highest BCUT2D eigenvalue weighted by Crippen LogP contribution is 2.24. The van der Waals surface area contributed by atoms with Gasteiger partial charge in [0.2, 0.25) is 0 Å². The lowest BCUT2D eigenvalue weighted by atomic mass is 10.0. The van der Waals surface area contributed by atoms with Crippen molar-refractivity contribution in [2.24, 2.45) is 7.05 Å². The SMILES string of the molecule is Cc1nc2cc(C(=O)C(C)(C)Br)ccc2n1C. The Kier molecular flexibility index (Phi) is 2.86. The smallest absolute Gasteiger partial charge is 0.179 e. The molecule has 2 rings (SSSR count). The van der Waals surface area contributed by atoms with Crippen molar-refractivity contribution in [2.45, 2.75) is 25.1 Å². The fraction of sp³-hybridized carbons (Fsp3) is 0.385. The molecule has 0 unspecified atom stereocenters. The maximum absolute atomic E-state index is 12.1. The number of imidazole rings is 1. The number of rotatable bonds is 2. The van der Waals surface area contributed by atoms with Crippen molar-refractivity contribution >= 4 is 32.7 Å². The van der Waals surface area contributed by atoms with Gasteiger partial charge in [0, 0.05) is 12.6 Å². The van der Waals surface area contributed by atoms with Gasteiger partial charge in [0.15, 0.2) is 5.78 Å². The van der Waals surface area contributed by atoms with Gasteiger partial charge in [0.25, 0.3) is 0 Å². The second-order valence-corrected chi connectivity index (χ2v) is 6.71. The van der Waals surface area contributed by atoms with E-state index in [1.54, 1.807) is 0 Å². The number of hydrogen-bond donors (Lipinski definition) is 0. The number of nitrogens with zero attached hydrogens (tertiary/aromatic N) is 2. The average molecular weight is 295 g/mol. The molecule has 0 bridgehead atoms. The average Bonchev–Trinajstić information content (AvgIpc) is 2.52. The lowest BCUT2D eigenvalue weighted by molar-refractivity contribution is 0.0961. The van der Waals surface area contributed by atoms with E-state index < -0.39 is 4.32 Å². The van der Waals surface area contributed by atoms with Gasteiger partial charge in [-0.1, -0.05) is 15.9 Å². The van der Waals surface area contributed by atoms with Crippen LogP contribution in [0.15, 0.2) is 18.2 Å². The van der Waals surface area contributed by atoms with Crippen molar-refractivity contribution < 1.29 is 4.79 Å². The first-order valence-corrected chi connectivity index (χ1v) is 6.27. The summed E-state index contributed by atoms with van der Waals surface area (Å²) in [5.74, 6) is 1.02. The molecule has 0 aliphatic rings. The van der Waals surface area contributed by atoms with Crippen LogP contribution in [-0.2, 0) is 7.05 Å². The van der Waals surface area contributed by atoms with Crippen LogP contribution < -0.4 is 0 Å². The highest BCUT2D eigenvalue weighted by atomic mass is 79.9. The van der Waals surface area contributed by atoms with Gasteiger partial charge in [-0.25, -0.2) is 4.98 Å². The van der Waals surface area contributed by atoms with Crippen LogP contribution in [-0.4, -0.2) is 19.7 Å². The van der Waals surface area contributed by atoms with Crippen LogP contribution in [0.5, 0.6) is 0 Å². The predicted molar refractivity (Wildman–Crippen MR) is 72.8 cm³/mol. The number of alkyl halides is 1. The summed E-state index contributed by atoms with van der Waals surface area (Å²) in [6.07, 6.45) is 0. The molecule has 1 aromatic heterocycles. The van der Waals surface area contributed by atoms with Crippen LogP contribution in [0.3, 0.4) is 0 Å². The Bertz CT molecular complexity index is 593.